The van der Waals surface area contributed by atoms with E-state index in [4.69, 9.17) is 10.5 Å². The third-order valence-electron chi connectivity index (χ3n) is 5.84. The molecular formula is C22H24F4N4O3S. The summed E-state index contributed by atoms with van der Waals surface area (Å²) >= 11 is 0. The van der Waals surface area contributed by atoms with E-state index in [1.54, 1.807) is 6.92 Å². The third-order valence-corrected chi connectivity index (χ3v) is 7.78. The van der Waals surface area contributed by atoms with Crippen molar-refractivity contribution in [1.82, 2.24) is 9.97 Å². The van der Waals surface area contributed by atoms with Crippen LogP contribution in [0.4, 0.5) is 17.6 Å². The highest BCUT2D eigenvalue weighted by Gasteiger charge is 2.51. The van der Waals surface area contributed by atoms with Crippen LogP contribution in [0.5, 0.6) is 5.88 Å². The Labute approximate surface area is 194 Å². The number of benzene rings is 1. The standard InChI is InChI=1S/C22H24F4N4O3S/c1-21(5-6-22(13-24,20(27)30-21)34(2,31)32)15-9-14(3-4-16(15)25)10-17(26)18-11-29-19(12-28-18)33-8-7-23/h3-4,9-12H,5-8,13H2,1-2H3,(H2,27,30)/b17-10-/t21-,22-/m0/s1. The number of halogens is 4. The molecule has 1 aromatic heterocycles. The Kier molecular flexibility index (Phi) is 7.29. The fourth-order valence-corrected chi connectivity index (χ4v) is 4.82. The molecule has 0 saturated carbocycles. The highest BCUT2D eigenvalue weighted by Crippen LogP contribution is 2.42. The number of nitrogens with two attached hydrogens (primary N) is 1. The van der Waals surface area contributed by atoms with E-state index in [0.717, 1.165) is 30.8 Å². The Balaban J connectivity index is 1.94. The first kappa shape index (κ1) is 25.6. The van der Waals surface area contributed by atoms with Gasteiger partial charge in [0, 0.05) is 11.8 Å². The van der Waals surface area contributed by atoms with Crippen molar-refractivity contribution in [3.63, 3.8) is 0 Å². The van der Waals surface area contributed by atoms with Crippen molar-refractivity contribution in [3.05, 3.63) is 53.2 Å². The number of ether oxygens (including phenoxy) is 1. The number of amidine groups is 1. The molecule has 0 amide bonds. The van der Waals surface area contributed by atoms with Crippen LogP contribution >= 0.6 is 0 Å². The maximum absolute atomic E-state index is 14.8. The van der Waals surface area contributed by atoms with E-state index in [2.05, 4.69) is 15.0 Å². The molecule has 0 saturated heterocycles. The molecule has 0 aliphatic carbocycles. The average molecular weight is 501 g/mol. The largest absolute Gasteiger partial charge is 0.474 e. The molecule has 3 rings (SSSR count). The lowest BCUT2D eigenvalue weighted by atomic mass is 9.81. The summed E-state index contributed by atoms with van der Waals surface area (Å²) in [5.74, 6) is -1.81. The van der Waals surface area contributed by atoms with E-state index in [0.29, 0.717) is 0 Å². The Morgan fingerprint density at radius 2 is 1.97 bits per heavy atom. The number of rotatable bonds is 8. The highest BCUT2D eigenvalue weighted by molar-refractivity contribution is 7.93. The van der Waals surface area contributed by atoms with Crippen LogP contribution < -0.4 is 10.5 Å². The molecule has 0 radical (unpaired) electrons. The minimum Gasteiger partial charge on any atom is -0.474 e. The van der Waals surface area contributed by atoms with Gasteiger partial charge in [-0.3, -0.25) is 4.99 Å². The van der Waals surface area contributed by atoms with E-state index in [-0.39, 0.29) is 42.1 Å². The third kappa shape index (κ3) is 4.91. The lowest BCUT2D eigenvalue weighted by Crippen LogP contribution is -2.56. The van der Waals surface area contributed by atoms with Crippen molar-refractivity contribution < 1.29 is 30.7 Å². The summed E-state index contributed by atoms with van der Waals surface area (Å²) in [5, 5.41) is 0. The summed E-state index contributed by atoms with van der Waals surface area (Å²) in [6.07, 6.45) is 4.07. The van der Waals surface area contributed by atoms with Gasteiger partial charge in [-0.1, -0.05) is 6.07 Å². The molecule has 34 heavy (non-hydrogen) atoms. The number of hydrogen-bond acceptors (Lipinski definition) is 7. The van der Waals surface area contributed by atoms with Crippen molar-refractivity contribution >= 4 is 27.6 Å². The average Bonchev–Trinajstić information content (AvgIpc) is 2.78. The molecule has 1 aromatic carbocycles. The van der Waals surface area contributed by atoms with E-state index < -0.39 is 51.0 Å². The van der Waals surface area contributed by atoms with E-state index in [1.807, 2.05) is 0 Å². The highest BCUT2D eigenvalue weighted by atomic mass is 32.2. The second-order valence-corrected chi connectivity index (χ2v) is 10.5. The van der Waals surface area contributed by atoms with Crippen LogP contribution in [0.2, 0.25) is 0 Å². The van der Waals surface area contributed by atoms with Gasteiger partial charge in [0.15, 0.2) is 20.4 Å². The molecular weight excluding hydrogens is 476 g/mol. The maximum Gasteiger partial charge on any atom is 0.232 e. The first-order valence-corrected chi connectivity index (χ1v) is 12.1. The summed E-state index contributed by atoms with van der Waals surface area (Å²) in [6.45, 7) is -0.601. The minimum absolute atomic E-state index is 0.00305. The summed E-state index contributed by atoms with van der Waals surface area (Å²) in [6, 6.07) is 3.82. The van der Waals surface area contributed by atoms with Gasteiger partial charge >= 0.3 is 0 Å². The maximum atomic E-state index is 14.8. The summed E-state index contributed by atoms with van der Waals surface area (Å²) < 4.78 is 82.8. The monoisotopic (exact) mass is 500 g/mol. The van der Waals surface area contributed by atoms with Gasteiger partial charge in [0.1, 0.15) is 37.3 Å². The zero-order valence-electron chi connectivity index (χ0n) is 18.6. The molecule has 1 aliphatic heterocycles. The zero-order chi connectivity index (χ0) is 25.1. The molecule has 7 nitrogen and oxygen atoms in total. The van der Waals surface area contributed by atoms with Gasteiger partial charge in [0.05, 0.1) is 17.9 Å². The number of nitrogens with zero attached hydrogens (tertiary/aromatic N) is 3. The topological polar surface area (TPSA) is 108 Å². The Hall–Kier alpha value is -3.02. The zero-order valence-corrected chi connectivity index (χ0v) is 19.4. The predicted octanol–water partition coefficient (Wildman–Crippen LogP) is 3.55. The van der Waals surface area contributed by atoms with Crippen molar-refractivity contribution in [2.24, 2.45) is 10.7 Å². The van der Waals surface area contributed by atoms with Gasteiger partial charge in [-0.25, -0.2) is 35.9 Å². The smallest absolute Gasteiger partial charge is 0.232 e. The van der Waals surface area contributed by atoms with Gasteiger partial charge in [-0.15, -0.1) is 0 Å². The number of aliphatic imine (C=N–C) groups is 1. The summed E-state index contributed by atoms with van der Waals surface area (Å²) in [5.41, 5.74) is 4.82. The fourth-order valence-electron chi connectivity index (χ4n) is 3.72. The van der Waals surface area contributed by atoms with Crippen LogP contribution in [0.25, 0.3) is 11.9 Å². The number of alkyl halides is 2. The fraction of sp³-hybridized carbons (Fsp3) is 0.409. The molecule has 0 spiro atoms. The Morgan fingerprint density at radius 1 is 1.24 bits per heavy atom. The molecule has 1 aliphatic rings. The molecule has 0 unspecified atom stereocenters. The van der Waals surface area contributed by atoms with Gasteiger partial charge in [0.2, 0.25) is 5.88 Å². The summed E-state index contributed by atoms with van der Waals surface area (Å²) in [7, 11) is -3.92. The molecule has 184 valence electrons. The molecule has 0 bridgehead atoms. The Morgan fingerprint density at radius 3 is 2.53 bits per heavy atom. The van der Waals surface area contributed by atoms with Crippen molar-refractivity contribution in [2.75, 3.05) is 26.2 Å². The second kappa shape index (κ2) is 9.69. The van der Waals surface area contributed by atoms with E-state index >= 15 is 0 Å². The van der Waals surface area contributed by atoms with Crippen molar-refractivity contribution in [1.29, 1.82) is 0 Å². The molecule has 0 fully saturated rings. The van der Waals surface area contributed by atoms with E-state index in [9.17, 15) is 26.0 Å². The second-order valence-electron chi connectivity index (χ2n) is 8.18. The van der Waals surface area contributed by atoms with Crippen LogP contribution in [-0.4, -0.2) is 55.2 Å². The van der Waals surface area contributed by atoms with Crippen LogP contribution in [-0.2, 0) is 15.4 Å². The quantitative estimate of drug-likeness (QED) is 0.556. The first-order valence-electron chi connectivity index (χ1n) is 10.3. The van der Waals surface area contributed by atoms with Gasteiger partial charge in [-0.2, -0.15) is 0 Å². The number of hydrogen-bond donors (Lipinski definition) is 1. The van der Waals surface area contributed by atoms with Crippen LogP contribution in [0, 0.1) is 5.82 Å². The molecule has 2 heterocycles. The van der Waals surface area contributed by atoms with Crippen molar-refractivity contribution in [2.45, 2.75) is 30.1 Å². The van der Waals surface area contributed by atoms with Gasteiger partial charge < -0.3 is 10.5 Å². The molecule has 2 aromatic rings. The van der Waals surface area contributed by atoms with Crippen LogP contribution in [0.1, 0.15) is 36.6 Å². The van der Waals surface area contributed by atoms with Gasteiger partial charge in [-0.05, 0) is 43.5 Å². The molecule has 2 N–H and O–H groups in total. The lowest BCUT2D eigenvalue weighted by molar-refractivity contribution is 0.263. The SMILES string of the molecule is C[C@@]1(c2cc(/C=C(\F)c3cnc(OCCF)cn3)ccc2F)CC[C@@](CF)(S(C)(=O)=O)C(N)=N1. The minimum atomic E-state index is -3.92. The van der Waals surface area contributed by atoms with Crippen LogP contribution in [0.3, 0.4) is 0 Å². The number of sulfone groups is 1. The predicted molar refractivity (Wildman–Crippen MR) is 121 cm³/mol. The number of aromatic nitrogens is 2. The lowest BCUT2D eigenvalue weighted by Gasteiger charge is -2.39. The molecule has 2 atom stereocenters. The Bertz CT molecular complexity index is 1220. The summed E-state index contributed by atoms with van der Waals surface area (Å²) in [4.78, 5) is 11.9. The normalized spacial score (nSPS) is 23.5. The van der Waals surface area contributed by atoms with Crippen LogP contribution in [0.15, 0.2) is 35.6 Å². The van der Waals surface area contributed by atoms with Crippen molar-refractivity contribution in [3.8, 4) is 5.88 Å². The van der Waals surface area contributed by atoms with E-state index in [1.165, 1.54) is 12.1 Å². The molecule has 12 heteroatoms. The van der Waals surface area contributed by atoms with Gasteiger partial charge in [0.25, 0.3) is 0 Å². The first-order chi connectivity index (χ1) is 16.0.